The van der Waals surface area contributed by atoms with Crippen molar-refractivity contribution in [1.82, 2.24) is 9.38 Å². The Morgan fingerprint density at radius 2 is 1.78 bits per heavy atom. The van der Waals surface area contributed by atoms with E-state index in [1.807, 2.05) is 29.7 Å². The van der Waals surface area contributed by atoms with Crippen molar-refractivity contribution in [2.24, 2.45) is 10.2 Å². The predicted molar refractivity (Wildman–Crippen MR) is 94.7 cm³/mol. The summed E-state index contributed by atoms with van der Waals surface area (Å²) in [5.41, 5.74) is 3.36. The van der Waals surface area contributed by atoms with Gasteiger partial charge < -0.3 is 0 Å². The molecule has 0 fully saturated rings. The lowest BCUT2D eigenvalue weighted by atomic mass is 10.1. The summed E-state index contributed by atoms with van der Waals surface area (Å²) in [4.78, 5) is 4.67. The number of hydrogen-bond acceptors (Lipinski definition) is 3. The van der Waals surface area contributed by atoms with Crippen LogP contribution in [-0.4, -0.2) is 9.38 Å². The molecule has 3 rings (SSSR count). The molecule has 0 unspecified atom stereocenters. The molecule has 23 heavy (non-hydrogen) atoms. The highest BCUT2D eigenvalue weighted by atomic mass is 35.5. The standard InChI is InChI=1S/C17H16Cl2N4/c1-10(2)15-17(23-8-7-11(3)9-14(23)20-15)22-21-16-12(18)5-4-6-13(16)19/h4-10H,1-3H3. The number of rotatable bonds is 3. The monoisotopic (exact) mass is 346 g/mol. The number of halogens is 2. The minimum atomic E-state index is 0.228. The Labute approximate surface area is 144 Å². The van der Waals surface area contributed by atoms with Gasteiger partial charge in [-0.15, -0.1) is 10.2 Å². The van der Waals surface area contributed by atoms with E-state index in [1.54, 1.807) is 18.2 Å². The number of pyridine rings is 1. The van der Waals surface area contributed by atoms with Crippen LogP contribution in [0.25, 0.3) is 5.65 Å². The Balaban J connectivity index is 2.15. The zero-order valence-electron chi connectivity index (χ0n) is 13.1. The molecule has 118 valence electrons. The smallest absolute Gasteiger partial charge is 0.183 e. The van der Waals surface area contributed by atoms with E-state index in [4.69, 9.17) is 23.2 Å². The molecule has 4 nitrogen and oxygen atoms in total. The zero-order chi connectivity index (χ0) is 16.6. The van der Waals surface area contributed by atoms with Gasteiger partial charge in [-0.1, -0.05) is 43.1 Å². The van der Waals surface area contributed by atoms with Gasteiger partial charge in [-0.2, -0.15) is 0 Å². The average Bonchev–Trinajstić information content (AvgIpc) is 2.85. The quantitative estimate of drug-likeness (QED) is 0.499. The Morgan fingerprint density at radius 3 is 2.43 bits per heavy atom. The van der Waals surface area contributed by atoms with Crippen molar-refractivity contribution in [3.05, 3.63) is 57.8 Å². The first-order valence-corrected chi connectivity index (χ1v) is 8.07. The molecule has 0 aliphatic rings. The molecule has 0 aliphatic heterocycles. The van der Waals surface area contributed by atoms with Crippen molar-refractivity contribution < 1.29 is 0 Å². The summed E-state index contributed by atoms with van der Waals surface area (Å²) in [6, 6.07) is 9.29. The molecule has 0 N–H and O–H groups in total. The summed E-state index contributed by atoms with van der Waals surface area (Å²) in [6.07, 6.45) is 1.95. The van der Waals surface area contributed by atoms with Crippen molar-refractivity contribution in [2.75, 3.05) is 0 Å². The van der Waals surface area contributed by atoms with Crippen LogP contribution in [0.1, 0.15) is 31.0 Å². The van der Waals surface area contributed by atoms with E-state index in [2.05, 4.69) is 29.1 Å². The summed E-state index contributed by atoms with van der Waals surface area (Å²) in [5, 5.41) is 9.60. The fourth-order valence-corrected chi connectivity index (χ4v) is 2.79. The third-order valence-electron chi connectivity index (χ3n) is 3.51. The van der Waals surface area contributed by atoms with Gasteiger partial charge in [-0.25, -0.2) is 4.98 Å². The Kier molecular flexibility index (Phi) is 4.37. The number of nitrogens with zero attached hydrogens (tertiary/aromatic N) is 4. The molecule has 0 amide bonds. The third-order valence-corrected chi connectivity index (χ3v) is 4.12. The molecule has 1 aromatic carbocycles. The first kappa shape index (κ1) is 16.0. The maximum atomic E-state index is 6.15. The Morgan fingerprint density at radius 1 is 1.09 bits per heavy atom. The lowest BCUT2D eigenvalue weighted by Gasteiger charge is -2.03. The number of azo groups is 1. The second-order valence-corrected chi connectivity index (χ2v) is 6.49. The van der Waals surface area contributed by atoms with Crippen molar-refractivity contribution >= 4 is 40.4 Å². The van der Waals surface area contributed by atoms with E-state index in [1.165, 1.54) is 0 Å². The summed E-state index contributed by atoms with van der Waals surface area (Å²) in [5.74, 6) is 0.928. The summed E-state index contributed by atoms with van der Waals surface area (Å²) in [7, 11) is 0. The van der Waals surface area contributed by atoms with E-state index < -0.39 is 0 Å². The van der Waals surface area contributed by atoms with Crippen LogP contribution in [0, 0.1) is 6.92 Å². The van der Waals surface area contributed by atoms with Crippen LogP contribution in [-0.2, 0) is 0 Å². The number of imidazole rings is 1. The molecular weight excluding hydrogens is 331 g/mol. The number of aryl methyl sites for hydroxylation is 1. The zero-order valence-corrected chi connectivity index (χ0v) is 14.6. The molecule has 0 spiro atoms. The second kappa shape index (κ2) is 6.30. The minimum Gasteiger partial charge on any atom is -0.283 e. The molecule has 3 aromatic rings. The normalized spacial score (nSPS) is 11.9. The van der Waals surface area contributed by atoms with Gasteiger partial charge in [0.25, 0.3) is 0 Å². The van der Waals surface area contributed by atoms with Crippen molar-refractivity contribution in [2.45, 2.75) is 26.7 Å². The van der Waals surface area contributed by atoms with Gasteiger partial charge in [0, 0.05) is 6.20 Å². The molecule has 0 radical (unpaired) electrons. The molecule has 0 saturated carbocycles. The lowest BCUT2D eigenvalue weighted by molar-refractivity contribution is 0.831. The third kappa shape index (κ3) is 3.09. The van der Waals surface area contributed by atoms with E-state index in [-0.39, 0.29) is 5.92 Å². The van der Waals surface area contributed by atoms with Crippen LogP contribution in [0.15, 0.2) is 46.8 Å². The molecule has 0 atom stereocenters. The molecule has 0 bridgehead atoms. The highest BCUT2D eigenvalue weighted by Crippen LogP contribution is 2.35. The minimum absolute atomic E-state index is 0.228. The maximum absolute atomic E-state index is 6.15. The highest BCUT2D eigenvalue weighted by molar-refractivity contribution is 6.38. The summed E-state index contributed by atoms with van der Waals surface area (Å²) in [6.45, 7) is 6.20. The van der Waals surface area contributed by atoms with Crippen molar-refractivity contribution in [1.29, 1.82) is 0 Å². The van der Waals surface area contributed by atoms with E-state index in [0.29, 0.717) is 21.6 Å². The number of fused-ring (bicyclic) bond motifs is 1. The van der Waals surface area contributed by atoms with Crippen LogP contribution in [0.3, 0.4) is 0 Å². The van der Waals surface area contributed by atoms with Crippen LogP contribution in [0.4, 0.5) is 11.5 Å². The summed E-state index contributed by atoms with van der Waals surface area (Å²) >= 11 is 12.3. The Hall–Kier alpha value is -1.91. The lowest BCUT2D eigenvalue weighted by Crippen LogP contribution is -1.87. The number of aromatic nitrogens is 2. The molecular formula is C17H16Cl2N4. The summed E-state index contributed by atoms with van der Waals surface area (Å²) < 4.78 is 1.93. The van der Waals surface area contributed by atoms with E-state index in [0.717, 1.165) is 16.9 Å². The largest absolute Gasteiger partial charge is 0.283 e. The van der Waals surface area contributed by atoms with Crippen molar-refractivity contribution in [3.8, 4) is 0 Å². The van der Waals surface area contributed by atoms with Gasteiger partial charge in [0.15, 0.2) is 5.82 Å². The van der Waals surface area contributed by atoms with Gasteiger partial charge in [-0.05, 0) is 42.7 Å². The molecule has 6 heteroatoms. The molecule has 0 aliphatic carbocycles. The predicted octanol–water partition coefficient (Wildman–Crippen LogP) is 6.49. The van der Waals surface area contributed by atoms with Crippen LogP contribution in [0.5, 0.6) is 0 Å². The first-order valence-electron chi connectivity index (χ1n) is 7.31. The van der Waals surface area contributed by atoms with Gasteiger partial charge in [0.2, 0.25) is 0 Å². The molecule has 0 saturated heterocycles. The van der Waals surface area contributed by atoms with Crippen LogP contribution >= 0.6 is 23.2 Å². The second-order valence-electron chi connectivity index (χ2n) is 5.68. The van der Waals surface area contributed by atoms with Crippen LogP contribution in [0.2, 0.25) is 10.0 Å². The average molecular weight is 347 g/mol. The molecule has 2 heterocycles. The Bertz CT molecular complexity index is 877. The van der Waals surface area contributed by atoms with E-state index in [9.17, 15) is 0 Å². The maximum Gasteiger partial charge on any atom is 0.183 e. The highest BCUT2D eigenvalue weighted by Gasteiger charge is 2.15. The van der Waals surface area contributed by atoms with Crippen LogP contribution < -0.4 is 0 Å². The number of benzene rings is 1. The fourth-order valence-electron chi connectivity index (χ4n) is 2.32. The van der Waals surface area contributed by atoms with Crippen molar-refractivity contribution in [3.63, 3.8) is 0 Å². The SMILES string of the molecule is Cc1ccn2c(N=Nc3c(Cl)cccc3Cl)c(C(C)C)nc2c1. The first-order chi connectivity index (χ1) is 11.0. The van der Waals surface area contributed by atoms with E-state index >= 15 is 0 Å². The number of hydrogen-bond donors (Lipinski definition) is 0. The van der Waals surface area contributed by atoms with Gasteiger partial charge in [0.05, 0.1) is 15.7 Å². The molecule has 2 aromatic heterocycles. The topological polar surface area (TPSA) is 42.0 Å². The fraction of sp³-hybridized carbons (Fsp3) is 0.235. The van der Waals surface area contributed by atoms with Gasteiger partial charge in [0.1, 0.15) is 11.3 Å². The van der Waals surface area contributed by atoms with Gasteiger partial charge >= 0.3 is 0 Å². The van der Waals surface area contributed by atoms with Gasteiger partial charge in [-0.3, -0.25) is 4.40 Å².